The topological polar surface area (TPSA) is 58.6 Å². The number of carbonyl (C=O) groups is 1. The fourth-order valence-corrected chi connectivity index (χ4v) is 1.62. The van der Waals surface area contributed by atoms with Gasteiger partial charge in [-0.2, -0.15) is 0 Å². The van der Waals surface area contributed by atoms with Gasteiger partial charge in [0.25, 0.3) is 0 Å². The summed E-state index contributed by atoms with van der Waals surface area (Å²) in [6.45, 7) is 2.51. The largest absolute Gasteiger partial charge is 0.497 e. The van der Waals surface area contributed by atoms with Crippen molar-refractivity contribution in [1.29, 1.82) is 0 Å². The average molecular weight is 237 g/mol. The minimum absolute atomic E-state index is 0.458. The summed E-state index contributed by atoms with van der Waals surface area (Å²) in [5.41, 5.74) is 1.14. The van der Waals surface area contributed by atoms with E-state index >= 15 is 0 Å². The molecule has 1 unspecified atom stereocenters. The van der Waals surface area contributed by atoms with E-state index in [1.807, 2.05) is 31.2 Å². The van der Waals surface area contributed by atoms with E-state index in [0.29, 0.717) is 13.0 Å². The second-order valence-electron chi connectivity index (χ2n) is 3.85. The van der Waals surface area contributed by atoms with Crippen molar-refractivity contribution in [2.24, 2.45) is 0 Å². The monoisotopic (exact) mass is 237 g/mol. The molecular formula is C13H19NO3. The molecule has 0 bridgehead atoms. The minimum Gasteiger partial charge on any atom is -0.497 e. The summed E-state index contributed by atoms with van der Waals surface area (Å²) < 4.78 is 5.13. The first-order valence-electron chi connectivity index (χ1n) is 5.76. The second kappa shape index (κ2) is 6.91. The van der Waals surface area contributed by atoms with E-state index in [2.05, 4.69) is 5.32 Å². The van der Waals surface area contributed by atoms with Crippen LogP contribution in [0.5, 0.6) is 5.75 Å². The first-order chi connectivity index (χ1) is 8.17. The highest BCUT2D eigenvalue weighted by molar-refractivity contribution is 5.73. The fraction of sp³-hybridized carbons (Fsp3) is 0.462. The molecule has 1 atom stereocenters. The van der Waals surface area contributed by atoms with Gasteiger partial charge < -0.3 is 15.2 Å². The standard InChI is InChI=1S/C13H19NO3/c1-3-12(13(15)16)14-8-7-10-5-4-6-11(9-10)17-2/h4-6,9,12,14H,3,7-8H2,1-2H3,(H,15,16). The van der Waals surface area contributed by atoms with Crippen LogP contribution < -0.4 is 10.1 Å². The maximum atomic E-state index is 10.8. The summed E-state index contributed by atoms with van der Waals surface area (Å²) in [6.07, 6.45) is 1.38. The van der Waals surface area contributed by atoms with Crippen molar-refractivity contribution in [2.45, 2.75) is 25.8 Å². The van der Waals surface area contributed by atoms with Gasteiger partial charge >= 0.3 is 5.97 Å². The highest BCUT2D eigenvalue weighted by Gasteiger charge is 2.12. The van der Waals surface area contributed by atoms with E-state index in [1.165, 1.54) is 0 Å². The Balaban J connectivity index is 2.42. The molecule has 0 aromatic heterocycles. The first-order valence-corrected chi connectivity index (χ1v) is 5.76. The molecule has 0 saturated carbocycles. The summed E-state index contributed by atoms with van der Waals surface area (Å²) in [4.78, 5) is 10.8. The third kappa shape index (κ3) is 4.44. The number of carboxylic acids is 1. The summed E-state index contributed by atoms with van der Waals surface area (Å²) in [5.74, 6) is 0.0333. The molecule has 1 aromatic rings. The number of benzene rings is 1. The Morgan fingerprint density at radius 3 is 2.88 bits per heavy atom. The number of hydrogen-bond acceptors (Lipinski definition) is 3. The van der Waals surface area contributed by atoms with Crippen LogP contribution >= 0.6 is 0 Å². The SMILES string of the molecule is CCC(NCCc1cccc(OC)c1)C(=O)O. The molecular weight excluding hydrogens is 218 g/mol. The zero-order chi connectivity index (χ0) is 12.7. The van der Waals surface area contributed by atoms with E-state index in [4.69, 9.17) is 9.84 Å². The van der Waals surface area contributed by atoms with Gasteiger partial charge in [-0.05, 0) is 37.1 Å². The van der Waals surface area contributed by atoms with Gasteiger partial charge in [-0.1, -0.05) is 19.1 Å². The van der Waals surface area contributed by atoms with Crippen molar-refractivity contribution in [3.63, 3.8) is 0 Å². The van der Waals surface area contributed by atoms with E-state index < -0.39 is 12.0 Å². The van der Waals surface area contributed by atoms with Gasteiger partial charge in [0.1, 0.15) is 11.8 Å². The second-order valence-corrected chi connectivity index (χ2v) is 3.85. The molecule has 0 aliphatic heterocycles. The first kappa shape index (κ1) is 13.5. The fourth-order valence-electron chi connectivity index (χ4n) is 1.62. The van der Waals surface area contributed by atoms with E-state index in [1.54, 1.807) is 7.11 Å². The maximum Gasteiger partial charge on any atom is 0.320 e. The van der Waals surface area contributed by atoms with Gasteiger partial charge in [-0.15, -0.1) is 0 Å². The van der Waals surface area contributed by atoms with Gasteiger partial charge in [0, 0.05) is 0 Å². The summed E-state index contributed by atoms with van der Waals surface area (Å²) in [7, 11) is 1.63. The lowest BCUT2D eigenvalue weighted by Crippen LogP contribution is -2.37. The van der Waals surface area contributed by atoms with Gasteiger partial charge in [0.15, 0.2) is 0 Å². The van der Waals surface area contributed by atoms with Crippen LogP contribution in [0.3, 0.4) is 0 Å². The molecule has 0 heterocycles. The lowest BCUT2D eigenvalue weighted by molar-refractivity contribution is -0.139. The Morgan fingerprint density at radius 2 is 2.29 bits per heavy atom. The number of hydrogen-bond donors (Lipinski definition) is 2. The lowest BCUT2D eigenvalue weighted by atomic mass is 10.1. The molecule has 0 amide bonds. The number of methoxy groups -OCH3 is 1. The molecule has 0 saturated heterocycles. The zero-order valence-electron chi connectivity index (χ0n) is 10.3. The Labute approximate surface area is 102 Å². The molecule has 17 heavy (non-hydrogen) atoms. The maximum absolute atomic E-state index is 10.8. The van der Waals surface area contributed by atoms with Crippen LogP contribution in [0.4, 0.5) is 0 Å². The number of ether oxygens (including phenoxy) is 1. The summed E-state index contributed by atoms with van der Waals surface area (Å²) in [6, 6.07) is 7.33. The van der Waals surface area contributed by atoms with Crippen LogP contribution in [-0.4, -0.2) is 30.8 Å². The Bertz CT molecular complexity index is 365. The van der Waals surface area contributed by atoms with Crippen LogP contribution in [0.2, 0.25) is 0 Å². The highest BCUT2D eigenvalue weighted by Crippen LogP contribution is 2.12. The van der Waals surface area contributed by atoms with Crippen LogP contribution in [0.25, 0.3) is 0 Å². The Kier molecular flexibility index (Phi) is 5.49. The smallest absolute Gasteiger partial charge is 0.320 e. The van der Waals surface area contributed by atoms with Gasteiger partial charge in [0.2, 0.25) is 0 Å². The summed E-state index contributed by atoms with van der Waals surface area (Å²) >= 11 is 0. The van der Waals surface area contributed by atoms with Gasteiger partial charge in [-0.25, -0.2) is 0 Å². The van der Waals surface area contributed by atoms with Crippen molar-refractivity contribution in [1.82, 2.24) is 5.32 Å². The van der Waals surface area contributed by atoms with E-state index in [-0.39, 0.29) is 0 Å². The predicted molar refractivity (Wildman–Crippen MR) is 66.4 cm³/mol. The third-order valence-corrected chi connectivity index (χ3v) is 2.64. The number of aliphatic carboxylic acids is 1. The number of rotatable bonds is 7. The molecule has 94 valence electrons. The summed E-state index contributed by atoms with van der Waals surface area (Å²) in [5, 5.41) is 11.9. The minimum atomic E-state index is -0.793. The average Bonchev–Trinajstić information content (AvgIpc) is 2.34. The van der Waals surface area contributed by atoms with Crippen molar-refractivity contribution in [3.05, 3.63) is 29.8 Å². The predicted octanol–water partition coefficient (Wildman–Crippen LogP) is 1.69. The molecule has 0 spiro atoms. The molecule has 0 radical (unpaired) electrons. The van der Waals surface area contributed by atoms with E-state index in [9.17, 15) is 4.79 Å². The van der Waals surface area contributed by atoms with E-state index in [0.717, 1.165) is 17.7 Å². The third-order valence-electron chi connectivity index (χ3n) is 2.64. The molecule has 4 nitrogen and oxygen atoms in total. The normalized spacial score (nSPS) is 12.1. The van der Waals surface area contributed by atoms with Crippen molar-refractivity contribution in [3.8, 4) is 5.75 Å². The molecule has 4 heteroatoms. The molecule has 0 aliphatic carbocycles. The van der Waals surface area contributed by atoms with Crippen molar-refractivity contribution in [2.75, 3.05) is 13.7 Å². The lowest BCUT2D eigenvalue weighted by Gasteiger charge is -2.12. The van der Waals surface area contributed by atoms with Crippen molar-refractivity contribution >= 4 is 5.97 Å². The molecule has 1 rings (SSSR count). The van der Waals surface area contributed by atoms with Gasteiger partial charge in [-0.3, -0.25) is 4.79 Å². The van der Waals surface area contributed by atoms with Gasteiger partial charge in [0.05, 0.1) is 7.11 Å². The zero-order valence-corrected chi connectivity index (χ0v) is 10.3. The van der Waals surface area contributed by atoms with Crippen LogP contribution in [-0.2, 0) is 11.2 Å². The molecule has 1 aromatic carbocycles. The quantitative estimate of drug-likeness (QED) is 0.757. The molecule has 0 fully saturated rings. The number of nitrogens with one attached hydrogen (secondary N) is 1. The molecule has 2 N–H and O–H groups in total. The van der Waals surface area contributed by atoms with Crippen molar-refractivity contribution < 1.29 is 14.6 Å². The number of carboxylic acid groups (broad SMARTS) is 1. The van der Waals surface area contributed by atoms with Crippen LogP contribution in [0.15, 0.2) is 24.3 Å². The van der Waals surface area contributed by atoms with Crippen LogP contribution in [0, 0.1) is 0 Å². The van der Waals surface area contributed by atoms with Crippen LogP contribution in [0.1, 0.15) is 18.9 Å². The highest BCUT2D eigenvalue weighted by atomic mass is 16.5. The Morgan fingerprint density at radius 1 is 1.53 bits per heavy atom. The molecule has 0 aliphatic rings. The Hall–Kier alpha value is -1.55.